The average Bonchev–Trinajstić information content (AvgIpc) is 2.83. The van der Waals surface area contributed by atoms with Gasteiger partial charge in [0.05, 0.1) is 12.5 Å². The Morgan fingerprint density at radius 1 is 1.03 bits per heavy atom. The van der Waals surface area contributed by atoms with E-state index in [0.29, 0.717) is 32.7 Å². The molecule has 0 unspecified atom stereocenters. The van der Waals surface area contributed by atoms with Crippen molar-refractivity contribution in [3.63, 3.8) is 0 Å². The molecule has 2 heterocycles. The number of piperazine rings is 1. The van der Waals surface area contributed by atoms with Crippen molar-refractivity contribution in [3.8, 4) is 0 Å². The van der Waals surface area contributed by atoms with E-state index < -0.39 is 0 Å². The number of anilines is 2. The molecule has 4 amide bonds. The van der Waals surface area contributed by atoms with Gasteiger partial charge in [0.25, 0.3) is 0 Å². The number of hydrogen-bond donors (Lipinski definition) is 3. The van der Waals surface area contributed by atoms with Gasteiger partial charge in [0, 0.05) is 44.1 Å². The predicted molar refractivity (Wildman–Crippen MR) is 123 cm³/mol. The molecule has 0 radical (unpaired) electrons. The molecule has 1 atom stereocenters. The molecule has 8 heteroatoms. The van der Waals surface area contributed by atoms with Crippen molar-refractivity contribution in [2.24, 2.45) is 5.92 Å². The molecule has 2 aliphatic heterocycles. The van der Waals surface area contributed by atoms with Gasteiger partial charge < -0.3 is 25.8 Å². The molecule has 8 nitrogen and oxygen atoms in total. The van der Waals surface area contributed by atoms with Crippen LogP contribution in [0.25, 0.3) is 0 Å². The van der Waals surface area contributed by atoms with Crippen molar-refractivity contribution in [2.75, 3.05) is 42.9 Å². The van der Waals surface area contributed by atoms with Crippen molar-refractivity contribution in [2.45, 2.75) is 19.4 Å². The maximum Gasteiger partial charge on any atom is 0.321 e. The number of piperidine rings is 1. The molecule has 0 aliphatic carbocycles. The summed E-state index contributed by atoms with van der Waals surface area (Å²) in [6, 6.07) is 17.1. The second-order valence-corrected chi connectivity index (χ2v) is 8.24. The minimum absolute atomic E-state index is 0.0287. The highest BCUT2D eigenvalue weighted by molar-refractivity contribution is 5.90. The molecular weight excluding hydrogens is 406 g/mol. The maximum atomic E-state index is 12.7. The lowest BCUT2D eigenvalue weighted by Gasteiger charge is -2.32. The number of carbonyl (C=O) groups is 3. The number of nitrogens with one attached hydrogen (secondary N) is 3. The Morgan fingerprint density at radius 2 is 1.81 bits per heavy atom. The van der Waals surface area contributed by atoms with Gasteiger partial charge in [0.1, 0.15) is 0 Å². The van der Waals surface area contributed by atoms with Crippen molar-refractivity contribution >= 4 is 29.2 Å². The lowest BCUT2D eigenvalue weighted by molar-refractivity contribution is -0.126. The first kappa shape index (κ1) is 21.7. The van der Waals surface area contributed by atoms with Crippen molar-refractivity contribution in [3.05, 3.63) is 60.2 Å². The van der Waals surface area contributed by atoms with Crippen LogP contribution in [-0.4, -0.2) is 55.5 Å². The zero-order valence-corrected chi connectivity index (χ0v) is 18.0. The summed E-state index contributed by atoms with van der Waals surface area (Å²) in [6.45, 7) is 3.31. The summed E-state index contributed by atoms with van der Waals surface area (Å²) in [5.41, 5.74) is 2.75. The van der Waals surface area contributed by atoms with E-state index in [1.807, 2.05) is 59.5 Å². The third-order valence-electron chi connectivity index (χ3n) is 5.91. The molecule has 2 aliphatic rings. The van der Waals surface area contributed by atoms with Crippen molar-refractivity contribution in [1.29, 1.82) is 0 Å². The number of urea groups is 1. The summed E-state index contributed by atoms with van der Waals surface area (Å²) in [7, 11) is 0. The van der Waals surface area contributed by atoms with Crippen LogP contribution in [0.15, 0.2) is 54.6 Å². The molecule has 0 saturated carbocycles. The summed E-state index contributed by atoms with van der Waals surface area (Å²) >= 11 is 0. The number of likely N-dealkylation sites (tertiary alicyclic amines) is 1. The van der Waals surface area contributed by atoms with Gasteiger partial charge in [-0.2, -0.15) is 0 Å². The van der Waals surface area contributed by atoms with E-state index in [1.54, 1.807) is 4.90 Å². The molecule has 3 N–H and O–H groups in total. The summed E-state index contributed by atoms with van der Waals surface area (Å²) in [6.07, 6.45) is 1.58. The van der Waals surface area contributed by atoms with Gasteiger partial charge >= 0.3 is 6.03 Å². The normalized spacial score (nSPS) is 18.6. The number of benzene rings is 2. The molecule has 0 spiro atoms. The van der Waals surface area contributed by atoms with Crippen LogP contribution in [-0.2, 0) is 16.1 Å². The van der Waals surface area contributed by atoms with E-state index in [9.17, 15) is 14.4 Å². The zero-order valence-electron chi connectivity index (χ0n) is 18.0. The van der Waals surface area contributed by atoms with Crippen LogP contribution in [0, 0.1) is 5.92 Å². The molecular formula is C24H29N5O3. The summed E-state index contributed by atoms with van der Waals surface area (Å²) in [5.74, 6) is -0.207. The third kappa shape index (κ3) is 5.57. The van der Waals surface area contributed by atoms with E-state index in [2.05, 4.69) is 16.0 Å². The Bertz CT molecular complexity index is 948. The topological polar surface area (TPSA) is 93.8 Å². The molecule has 2 fully saturated rings. The van der Waals surface area contributed by atoms with Crippen LogP contribution < -0.4 is 20.9 Å². The molecule has 2 aromatic carbocycles. The minimum atomic E-state index is -0.212. The maximum absolute atomic E-state index is 12.7. The Morgan fingerprint density at radius 3 is 2.56 bits per heavy atom. The van der Waals surface area contributed by atoms with Crippen molar-refractivity contribution in [1.82, 2.24) is 15.5 Å². The predicted octanol–water partition coefficient (Wildman–Crippen LogP) is 2.18. The minimum Gasteiger partial charge on any atom is -0.360 e. The lowest BCUT2D eigenvalue weighted by atomic mass is 9.97. The highest BCUT2D eigenvalue weighted by Gasteiger charge is 2.28. The van der Waals surface area contributed by atoms with Gasteiger partial charge in [-0.3, -0.25) is 9.59 Å². The number of carbonyl (C=O) groups excluding carboxylic acids is 3. The van der Waals surface area contributed by atoms with E-state index >= 15 is 0 Å². The third-order valence-corrected chi connectivity index (χ3v) is 5.91. The van der Waals surface area contributed by atoms with Gasteiger partial charge in [-0.05, 0) is 42.7 Å². The van der Waals surface area contributed by atoms with Gasteiger partial charge in [-0.15, -0.1) is 0 Å². The highest BCUT2D eigenvalue weighted by Crippen LogP contribution is 2.19. The molecule has 0 aromatic heterocycles. The summed E-state index contributed by atoms with van der Waals surface area (Å²) in [5, 5.41) is 8.72. The number of rotatable bonds is 5. The Labute approximate surface area is 188 Å². The van der Waals surface area contributed by atoms with Gasteiger partial charge in [0.15, 0.2) is 0 Å². The zero-order chi connectivity index (χ0) is 22.3. The fourth-order valence-electron chi connectivity index (χ4n) is 4.12. The van der Waals surface area contributed by atoms with Crippen LogP contribution in [0.1, 0.15) is 18.4 Å². The van der Waals surface area contributed by atoms with Crippen LogP contribution in [0.5, 0.6) is 0 Å². The van der Waals surface area contributed by atoms with E-state index in [-0.39, 0.29) is 23.8 Å². The molecule has 4 rings (SSSR count). The molecule has 168 valence electrons. The van der Waals surface area contributed by atoms with E-state index in [0.717, 1.165) is 36.3 Å². The second kappa shape index (κ2) is 10.2. The van der Waals surface area contributed by atoms with Crippen LogP contribution in [0.3, 0.4) is 0 Å². The van der Waals surface area contributed by atoms with Crippen molar-refractivity contribution < 1.29 is 14.4 Å². The number of amides is 4. The van der Waals surface area contributed by atoms with E-state index in [4.69, 9.17) is 0 Å². The first-order chi connectivity index (χ1) is 15.6. The first-order valence-electron chi connectivity index (χ1n) is 11.1. The number of hydrogen-bond acceptors (Lipinski definition) is 4. The monoisotopic (exact) mass is 435 g/mol. The fraction of sp³-hybridized carbons (Fsp3) is 0.375. The van der Waals surface area contributed by atoms with Gasteiger partial charge in [-0.25, -0.2) is 4.79 Å². The smallest absolute Gasteiger partial charge is 0.321 e. The molecule has 2 saturated heterocycles. The summed E-state index contributed by atoms with van der Waals surface area (Å²) in [4.78, 5) is 40.6. The van der Waals surface area contributed by atoms with Crippen LogP contribution in [0.2, 0.25) is 0 Å². The Balaban J connectivity index is 1.26. The first-order valence-corrected chi connectivity index (χ1v) is 11.1. The standard InChI is InChI=1S/C24H29N5O3/c30-22-17-28(14-12-25-22)21-10-8-18(9-11-21)15-26-23(31)19-5-4-13-29(16-19)24(32)27-20-6-2-1-3-7-20/h1-3,6-11,19H,4-5,12-17H2,(H,25,30)(H,26,31)(H,27,32)/t19-/m0/s1. The van der Waals surface area contributed by atoms with Gasteiger partial charge in [-0.1, -0.05) is 30.3 Å². The summed E-state index contributed by atoms with van der Waals surface area (Å²) < 4.78 is 0. The highest BCUT2D eigenvalue weighted by atomic mass is 16.2. The second-order valence-electron chi connectivity index (χ2n) is 8.24. The SMILES string of the molecule is O=C1CN(c2ccc(CNC(=O)[C@H]3CCCN(C(=O)Nc4ccccc4)C3)cc2)CCN1. The van der Waals surface area contributed by atoms with Crippen LogP contribution >= 0.6 is 0 Å². The van der Waals surface area contributed by atoms with Crippen LogP contribution in [0.4, 0.5) is 16.2 Å². The largest absolute Gasteiger partial charge is 0.360 e. The lowest BCUT2D eigenvalue weighted by Crippen LogP contribution is -2.47. The molecule has 32 heavy (non-hydrogen) atoms. The average molecular weight is 436 g/mol. The molecule has 2 aromatic rings. The van der Waals surface area contributed by atoms with Gasteiger partial charge in [0.2, 0.25) is 11.8 Å². The number of nitrogens with zero attached hydrogens (tertiary/aromatic N) is 2. The quantitative estimate of drug-likeness (QED) is 0.671. The molecule has 0 bridgehead atoms. The Hall–Kier alpha value is -3.55. The Kier molecular flexibility index (Phi) is 6.89. The fourth-order valence-corrected chi connectivity index (χ4v) is 4.12. The number of para-hydroxylation sites is 1. The van der Waals surface area contributed by atoms with E-state index in [1.165, 1.54) is 0 Å².